The van der Waals surface area contributed by atoms with Crippen LogP contribution >= 0.6 is 0 Å². The quantitative estimate of drug-likeness (QED) is 0.599. The van der Waals surface area contributed by atoms with E-state index in [9.17, 15) is 14.4 Å². The third-order valence-electron chi connectivity index (χ3n) is 2.31. The van der Waals surface area contributed by atoms with Gasteiger partial charge in [-0.2, -0.15) is 0 Å². The van der Waals surface area contributed by atoms with Gasteiger partial charge in [-0.25, -0.2) is 9.59 Å². The van der Waals surface area contributed by atoms with E-state index in [2.05, 4.69) is 10.6 Å². The number of nitrogens with one attached hydrogen (secondary N) is 2. The van der Waals surface area contributed by atoms with Gasteiger partial charge in [-0.05, 0) is 18.6 Å². The predicted molar refractivity (Wildman–Crippen MR) is 68.4 cm³/mol. The fraction of sp³-hybridized carbons (Fsp3) is 0.250. The van der Waals surface area contributed by atoms with E-state index in [1.165, 1.54) is 0 Å². The number of amides is 3. The van der Waals surface area contributed by atoms with Crippen LogP contribution in [0.4, 0.5) is 10.5 Å². The zero-order chi connectivity index (χ0) is 14.3. The van der Waals surface area contributed by atoms with Crippen LogP contribution in [0.3, 0.4) is 0 Å². The van der Waals surface area contributed by atoms with Gasteiger partial charge in [-0.1, -0.05) is 18.2 Å². The maximum Gasteiger partial charge on any atom is 0.326 e. The molecule has 0 heterocycles. The molecule has 7 heteroatoms. The molecule has 5 N–H and O–H groups in total. The average Bonchev–Trinajstić information content (AvgIpc) is 2.35. The summed E-state index contributed by atoms with van der Waals surface area (Å²) in [6.45, 7) is 0. The summed E-state index contributed by atoms with van der Waals surface area (Å²) >= 11 is 0. The summed E-state index contributed by atoms with van der Waals surface area (Å²) < 4.78 is 0. The molecule has 0 aromatic heterocycles. The van der Waals surface area contributed by atoms with Crippen LogP contribution in [0, 0.1) is 0 Å². The minimum absolute atomic E-state index is 0.0487. The molecule has 0 spiro atoms. The molecule has 1 atom stereocenters. The molecule has 1 aromatic rings. The second-order valence-corrected chi connectivity index (χ2v) is 3.86. The highest BCUT2D eigenvalue weighted by molar-refractivity contribution is 5.92. The van der Waals surface area contributed by atoms with E-state index < -0.39 is 23.9 Å². The zero-order valence-corrected chi connectivity index (χ0v) is 10.1. The van der Waals surface area contributed by atoms with E-state index in [4.69, 9.17) is 10.8 Å². The summed E-state index contributed by atoms with van der Waals surface area (Å²) in [7, 11) is 0. The van der Waals surface area contributed by atoms with Gasteiger partial charge in [-0.3, -0.25) is 4.79 Å². The summed E-state index contributed by atoms with van der Waals surface area (Å²) in [5, 5.41) is 13.7. The van der Waals surface area contributed by atoms with Gasteiger partial charge in [0.05, 0.1) is 0 Å². The van der Waals surface area contributed by atoms with Gasteiger partial charge in [0.25, 0.3) is 0 Å². The van der Waals surface area contributed by atoms with Crippen LogP contribution in [0.25, 0.3) is 0 Å². The van der Waals surface area contributed by atoms with Gasteiger partial charge in [-0.15, -0.1) is 0 Å². The van der Waals surface area contributed by atoms with Crippen molar-refractivity contribution >= 4 is 23.6 Å². The average molecular weight is 265 g/mol. The number of carbonyl (C=O) groups excluding carboxylic acids is 2. The van der Waals surface area contributed by atoms with Crippen molar-refractivity contribution < 1.29 is 19.5 Å². The van der Waals surface area contributed by atoms with Crippen molar-refractivity contribution in [3.8, 4) is 0 Å². The molecule has 0 bridgehead atoms. The van der Waals surface area contributed by atoms with Gasteiger partial charge >= 0.3 is 12.0 Å². The number of carboxylic acid groups (broad SMARTS) is 1. The summed E-state index contributed by atoms with van der Waals surface area (Å²) in [6.07, 6.45) is -0.157. The smallest absolute Gasteiger partial charge is 0.326 e. The van der Waals surface area contributed by atoms with Gasteiger partial charge in [0.1, 0.15) is 6.04 Å². The number of rotatable bonds is 6. The predicted octanol–water partition coefficient (Wildman–Crippen LogP) is 0.527. The lowest BCUT2D eigenvalue weighted by atomic mass is 10.1. The minimum atomic E-state index is -1.22. The van der Waals surface area contributed by atoms with E-state index in [0.717, 1.165) is 0 Å². The van der Waals surface area contributed by atoms with Crippen molar-refractivity contribution in [3.63, 3.8) is 0 Å². The van der Waals surface area contributed by atoms with E-state index in [-0.39, 0.29) is 12.8 Å². The van der Waals surface area contributed by atoms with E-state index in [1.807, 2.05) is 0 Å². The summed E-state index contributed by atoms with van der Waals surface area (Å²) in [5.41, 5.74) is 5.48. The largest absolute Gasteiger partial charge is 0.480 e. The number of para-hydroxylation sites is 1. The Kier molecular flexibility index (Phi) is 5.34. The fourth-order valence-corrected chi connectivity index (χ4v) is 1.39. The lowest BCUT2D eigenvalue weighted by molar-refractivity contribution is -0.139. The topological polar surface area (TPSA) is 122 Å². The third-order valence-corrected chi connectivity index (χ3v) is 2.31. The molecule has 0 saturated carbocycles. The number of primary amides is 1. The number of urea groups is 1. The number of benzene rings is 1. The van der Waals surface area contributed by atoms with Crippen molar-refractivity contribution in [1.82, 2.24) is 5.32 Å². The van der Waals surface area contributed by atoms with Gasteiger partial charge in [0.15, 0.2) is 0 Å². The first-order valence-electron chi connectivity index (χ1n) is 5.62. The molecule has 19 heavy (non-hydrogen) atoms. The first kappa shape index (κ1) is 14.5. The van der Waals surface area contributed by atoms with E-state index >= 15 is 0 Å². The van der Waals surface area contributed by atoms with Gasteiger partial charge in [0, 0.05) is 12.1 Å². The number of carbonyl (C=O) groups is 3. The second-order valence-electron chi connectivity index (χ2n) is 3.86. The number of carboxylic acids is 1. The van der Waals surface area contributed by atoms with Crippen LogP contribution in [0.1, 0.15) is 12.8 Å². The molecule has 0 saturated heterocycles. The summed E-state index contributed by atoms with van der Waals surface area (Å²) in [4.78, 5) is 33.1. The number of nitrogens with two attached hydrogens (primary N) is 1. The Morgan fingerprint density at radius 1 is 1.21 bits per heavy atom. The monoisotopic (exact) mass is 265 g/mol. The van der Waals surface area contributed by atoms with E-state index in [1.54, 1.807) is 30.3 Å². The lowest BCUT2D eigenvalue weighted by Gasteiger charge is -2.14. The molecule has 7 nitrogen and oxygen atoms in total. The first-order chi connectivity index (χ1) is 8.99. The van der Waals surface area contributed by atoms with Crippen molar-refractivity contribution in [1.29, 1.82) is 0 Å². The van der Waals surface area contributed by atoms with Gasteiger partial charge < -0.3 is 21.5 Å². The maximum absolute atomic E-state index is 11.6. The lowest BCUT2D eigenvalue weighted by Crippen LogP contribution is -2.43. The Morgan fingerprint density at radius 2 is 1.84 bits per heavy atom. The molecule has 0 fully saturated rings. The van der Waals surface area contributed by atoms with Crippen LogP contribution in [0.15, 0.2) is 30.3 Å². The van der Waals surface area contributed by atoms with Gasteiger partial charge in [0.2, 0.25) is 5.91 Å². The van der Waals surface area contributed by atoms with Crippen LogP contribution < -0.4 is 16.4 Å². The maximum atomic E-state index is 11.6. The van der Waals surface area contributed by atoms with Crippen LogP contribution in [-0.4, -0.2) is 29.1 Å². The molecule has 3 amide bonds. The fourth-order valence-electron chi connectivity index (χ4n) is 1.39. The van der Waals surface area contributed by atoms with Crippen LogP contribution in [-0.2, 0) is 9.59 Å². The van der Waals surface area contributed by atoms with Crippen LogP contribution in [0.5, 0.6) is 0 Å². The van der Waals surface area contributed by atoms with Crippen molar-refractivity contribution in [2.45, 2.75) is 18.9 Å². The minimum Gasteiger partial charge on any atom is -0.480 e. The van der Waals surface area contributed by atoms with Crippen molar-refractivity contribution in [2.75, 3.05) is 5.32 Å². The number of hydrogen-bond acceptors (Lipinski definition) is 3. The molecule has 1 rings (SSSR count). The normalized spacial score (nSPS) is 11.4. The highest BCUT2D eigenvalue weighted by Crippen LogP contribution is 2.05. The molecule has 102 valence electrons. The zero-order valence-electron chi connectivity index (χ0n) is 10.1. The molecular formula is C12H15N3O4. The molecule has 0 aliphatic rings. The number of hydrogen-bond donors (Lipinski definition) is 4. The molecule has 1 aromatic carbocycles. The number of anilines is 1. The molecule has 0 aliphatic heterocycles. The third kappa shape index (κ3) is 5.53. The number of aliphatic carboxylic acids is 1. The highest BCUT2D eigenvalue weighted by Gasteiger charge is 2.20. The standard InChI is InChI=1S/C12H15N3O4/c13-10(16)7-6-9(11(17)18)15-12(19)14-8-4-2-1-3-5-8/h1-5,9H,6-7H2,(H2,13,16)(H,17,18)(H2,14,15,19). The Balaban J connectivity index is 2.52. The van der Waals surface area contributed by atoms with Crippen molar-refractivity contribution in [2.24, 2.45) is 5.73 Å². The summed E-state index contributed by atoms with van der Waals surface area (Å²) in [6, 6.07) is 6.78. The van der Waals surface area contributed by atoms with E-state index in [0.29, 0.717) is 5.69 Å². The Bertz CT molecular complexity index is 461. The van der Waals surface area contributed by atoms with Crippen molar-refractivity contribution in [3.05, 3.63) is 30.3 Å². The Labute approximate surface area is 109 Å². The Morgan fingerprint density at radius 3 is 2.37 bits per heavy atom. The highest BCUT2D eigenvalue weighted by atomic mass is 16.4. The second kappa shape index (κ2) is 7.00. The first-order valence-corrected chi connectivity index (χ1v) is 5.62. The van der Waals surface area contributed by atoms with Crippen LogP contribution in [0.2, 0.25) is 0 Å². The Hall–Kier alpha value is -2.57. The molecule has 1 unspecified atom stereocenters. The SMILES string of the molecule is NC(=O)CCC(NC(=O)Nc1ccccc1)C(=O)O. The molecular weight excluding hydrogens is 250 g/mol. The summed E-state index contributed by atoms with van der Waals surface area (Å²) in [5.74, 6) is -1.83. The molecule has 0 aliphatic carbocycles. The molecule has 0 radical (unpaired) electrons.